The van der Waals surface area contributed by atoms with Gasteiger partial charge in [-0.1, -0.05) is 35.9 Å². The maximum Gasteiger partial charge on any atom is 0.409 e. The first kappa shape index (κ1) is 12.3. The maximum atomic E-state index is 10.7. The van der Waals surface area contributed by atoms with E-state index in [4.69, 9.17) is 21.4 Å². The van der Waals surface area contributed by atoms with E-state index in [1.54, 1.807) is 30.3 Å². The van der Waals surface area contributed by atoms with Crippen LogP contribution in [-0.2, 0) is 0 Å². The van der Waals surface area contributed by atoms with Crippen LogP contribution in [0.25, 0.3) is 0 Å². The molecule has 2 N–H and O–H groups in total. The number of rotatable bonds is 3. The number of amides is 1. The van der Waals surface area contributed by atoms with E-state index < -0.39 is 6.09 Å². The van der Waals surface area contributed by atoms with Crippen molar-refractivity contribution in [1.82, 2.24) is 0 Å². The van der Waals surface area contributed by atoms with Gasteiger partial charge in [-0.15, -0.1) is 0 Å². The van der Waals surface area contributed by atoms with Crippen LogP contribution in [0.2, 0.25) is 5.02 Å². The van der Waals surface area contributed by atoms with E-state index in [-0.39, 0.29) is 5.75 Å². The molecule has 0 spiro atoms. The molecule has 0 aliphatic rings. The number of hydrogen-bond donors (Lipinski definition) is 2. The normalized spacial score (nSPS) is 9.83. The number of para-hydroxylation sites is 2. The van der Waals surface area contributed by atoms with Crippen molar-refractivity contribution >= 4 is 23.4 Å². The van der Waals surface area contributed by atoms with E-state index in [1.807, 2.05) is 18.2 Å². The van der Waals surface area contributed by atoms with Crippen molar-refractivity contribution < 1.29 is 14.6 Å². The minimum Gasteiger partial charge on any atom is -0.465 e. The zero-order valence-electron chi connectivity index (χ0n) is 9.26. The van der Waals surface area contributed by atoms with Crippen LogP contribution in [0.1, 0.15) is 0 Å². The molecule has 0 atom stereocenters. The second-order valence-corrected chi connectivity index (χ2v) is 3.87. The van der Waals surface area contributed by atoms with Crippen molar-refractivity contribution in [2.45, 2.75) is 0 Å². The van der Waals surface area contributed by atoms with Gasteiger partial charge in [-0.2, -0.15) is 0 Å². The molecule has 4 nitrogen and oxygen atoms in total. The number of ether oxygens (including phenoxy) is 1. The van der Waals surface area contributed by atoms with Crippen LogP contribution < -0.4 is 10.1 Å². The van der Waals surface area contributed by atoms with E-state index in [9.17, 15) is 4.79 Å². The third-order valence-corrected chi connectivity index (χ3v) is 2.47. The molecular formula is C13H10ClNO3. The average molecular weight is 264 g/mol. The topological polar surface area (TPSA) is 58.6 Å². The maximum absolute atomic E-state index is 10.7. The monoisotopic (exact) mass is 263 g/mol. The minimum absolute atomic E-state index is 0.285. The zero-order valence-corrected chi connectivity index (χ0v) is 10.0. The molecule has 0 bridgehead atoms. The number of nitrogens with one attached hydrogen (secondary N) is 1. The Bertz CT molecular complexity index is 557. The molecule has 5 heteroatoms. The van der Waals surface area contributed by atoms with Crippen molar-refractivity contribution in [2.24, 2.45) is 0 Å². The van der Waals surface area contributed by atoms with Crippen molar-refractivity contribution in [3.8, 4) is 11.5 Å². The number of hydrogen-bond acceptors (Lipinski definition) is 2. The fraction of sp³-hybridized carbons (Fsp3) is 0. The lowest BCUT2D eigenvalue weighted by Crippen LogP contribution is -2.08. The van der Waals surface area contributed by atoms with Gasteiger partial charge in [-0.05, 0) is 24.3 Å². The van der Waals surface area contributed by atoms with Gasteiger partial charge in [0.25, 0.3) is 0 Å². The Morgan fingerprint density at radius 2 is 1.83 bits per heavy atom. The highest BCUT2D eigenvalue weighted by Crippen LogP contribution is 2.36. The quantitative estimate of drug-likeness (QED) is 0.871. The number of halogens is 1. The standard InChI is InChI=1S/C13H10ClNO3/c14-10-7-4-8-11(15-13(16)17)12(10)18-9-5-2-1-3-6-9/h1-8,15H,(H,16,17). The van der Waals surface area contributed by atoms with E-state index in [0.717, 1.165) is 0 Å². The Morgan fingerprint density at radius 3 is 2.50 bits per heavy atom. The lowest BCUT2D eigenvalue weighted by Gasteiger charge is -2.12. The van der Waals surface area contributed by atoms with Crippen molar-refractivity contribution in [2.75, 3.05) is 5.32 Å². The van der Waals surface area contributed by atoms with E-state index in [2.05, 4.69) is 5.32 Å². The summed E-state index contributed by atoms with van der Waals surface area (Å²) in [5.74, 6) is 0.867. The molecule has 0 aliphatic carbocycles. The highest BCUT2D eigenvalue weighted by atomic mass is 35.5. The predicted molar refractivity (Wildman–Crippen MR) is 69.6 cm³/mol. The zero-order chi connectivity index (χ0) is 13.0. The molecule has 0 fully saturated rings. The molecule has 18 heavy (non-hydrogen) atoms. The fourth-order valence-corrected chi connectivity index (χ4v) is 1.65. The molecule has 0 radical (unpaired) electrons. The number of carboxylic acid groups (broad SMARTS) is 1. The predicted octanol–water partition coefficient (Wildman–Crippen LogP) is 4.22. The Morgan fingerprint density at radius 1 is 1.11 bits per heavy atom. The van der Waals surface area contributed by atoms with Gasteiger partial charge in [-0.3, -0.25) is 5.32 Å². The number of carbonyl (C=O) groups is 1. The van der Waals surface area contributed by atoms with Gasteiger partial charge in [0.1, 0.15) is 5.75 Å². The van der Waals surface area contributed by atoms with Gasteiger partial charge in [-0.25, -0.2) is 4.79 Å². The highest BCUT2D eigenvalue weighted by Gasteiger charge is 2.11. The van der Waals surface area contributed by atoms with Crippen LogP contribution in [0.15, 0.2) is 48.5 Å². The van der Waals surface area contributed by atoms with Gasteiger partial charge >= 0.3 is 6.09 Å². The molecule has 1 amide bonds. The molecule has 0 unspecified atom stereocenters. The first-order valence-electron chi connectivity index (χ1n) is 5.18. The summed E-state index contributed by atoms with van der Waals surface area (Å²) >= 11 is 6.00. The summed E-state index contributed by atoms with van der Waals surface area (Å²) in [5.41, 5.74) is 0.304. The summed E-state index contributed by atoms with van der Waals surface area (Å²) in [6.45, 7) is 0. The smallest absolute Gasteiger partial charge is 0.409 e. The number of anilines is 1. The van der Waals surface area contributed by atoms with Crippen LogP contribution in [0.4, 0.5) is 10.5 Å². The second kappa shape index (κ2) is 5.42. The molecule has 0 aliphatic heterocycles. The van der Waals surface area contributed by atoms with E-state index in [1.165, 1.54) is 0 Å². The van der Waals surface area contributed by atoms with Gasteiger partial charge in [0.15, 0.2) is 5.75 Å². The summed E-state index contributed by atoms with van der Waals surface area (Å²) in [4.78, 5) is 10.7. The lowest BCUT2D eigenvalue weighted by atomic mass is 10.3. The van der Waals surface area contributed by atoms with Gasteiger partial charge in [0.2, 0.25) is 0 Å². The van der Waals surface area contributed by atoms with Crippen LogP contribution >= 0.6 is 11.6 Å². The molecule has 0 heterocycles. The van der Waals surface area contributed by atoms with Crippen LogP contribution in [0.3, 0.4) is 0 Å². The number of benzene rings is 2. The lowest BCUT2D eigenvalue weighted by molar-refractivity contribution is 0.209. The van der Waals surface area contributed by atoms with Gasteiger partial charge in [0, 0.05) is 0 Å². The molecule has 2 aromatic rings. The summed E-state index contributed by atoms with van der Waals surface area (Å²) in [6.07, 6.45) is -1.17. The molecule has 0 saturated carbocycles. The average Bonchev–Trinajstić information content (AvgIpc) is 2.34. The largest absolute Gasteiger partial charge is 0.465 e. The molecule has 0 saturated heterocycles. The SMILES string of the molecule is O=C(O)Nc1cccc(Cl)c1Oc1ccccc1. The third kappa shape index (κ3) is 2.93. The van der Waals surface area contributed by atoms with Crippen molar-refractivity contribution in [1.29, 1.82) is 0 Å². The highest BCUT2D eigenvalue weighted by molar-refractivity contribution is 6.32. The second-order valence-electron chi connectivity index (χ2n) is 3.46. The first-order valence-corrected chi connectivity index (χ1v) is 5.56. The molecule has 2 aromatic carbocycles. The molecule has 2 rings (SSSR count). The Labute approximate surface area is 109 Å². The minimum atomic E-state index is -1.17. The fourth-order valence-electron chi connectivity index (χ4n) is 1.43. The van der Waals surface area contributed by atoms with Crippen LogP contribution in [0.5, 0.6) is 11.5 Å². The molecule has 0 aromatic heterocycles. The van der Waals surface area contributed by atoms with Gasteiger partial charge < -0.3 is 9.84 Å². The summed E-state index contributed by atoms with van der Waals surface area (Å²) in [6, 6.07) is 13.9. The van der Waals surface area contributed by atoms with Crippen LogP contribution in [0, 0.1) is 0 Å². The van der Waals surface area contributed by atoms with Gasteiger partial charge in [0.05, 0.1) is 10.7 Å². The Balaban J connectivity index is 2.34. The van der Waals surface area contributed by atoms with E-state index in [0.29, 0.717) is 16.5 Å². The van der Waals surface area contributed by atoms with E-state index >= 15 is 0 Å². The third-order valence-electron chi connectivity index (χ3n) is 2.17. The summed E-state index contributed by atoms with van der Waals surface area (Å²) in [7, 11) is 0. The van der Waals surface area contributed by atoms with Crippen molar-refractivity contribution in [3.05, 3.63) is 53.6 Å². The van der Waals surface area contributed by atoms with Crippen LogP contribution in [-0.4, -0.2) is 11.2 Å². The van der Waals surface area contributed by atoms with Crippen molar-refractivity contribution in [3.63, 3.8) is 0 Å². The Hall–Kier alpha value is -2.20. The summed E-state index contributed by atoms with van der Waals surface area (Å²) in [5, 5.41) is 11.3. The first-order chi connectivity index (χ1) is 8.66. The Kier molecular flexibility index (Phi) is 3.69. The molecular weight excluding hydrogens is 254 g/mol. The summed E-state index contributed by atoms with van der Waals surface area (Å²) < 4.78 is 5.58. The molecule has 92 valence electrons.